The zero-order chi connectivity index (χ0) is 38.7. The molecule has 0 bridgehead atoms. The van der Waals surface area contributed by atoms with Crippen LogP contribution in [0.3, 0.4) is 0 Å². The summed E-state index contributed by atoms with van der Waals surface area (Å²) in [4.78, 5) is 37.3. The molecule has 0 radical (unpaired) electrons. The summed E-state index contributed by atoms with van der Waals surface area (Å²) in [6, 6.07) is 5.34. The van der Waals surface area contributed by atoms with Crippen molar-refractivity contribution in [1.82, 2.24) is 0 Å². The summed E-state index contributed by atoms with van der Waals surface area (Å²) in [5.74, 6) is 2.40. The Morgan fingerprint density at radius 3 is 2.10 bits per heavy atom. The zero-order valence-electron chi connectivity index (χ0n) is 32.9. The minimum Gasteiger partial charge on any atom is -0.460 e. The van der Waals surface area contributed by atoms with Crippen LogP contribution in [0.2, 0.25) is 18.1 Å². The van der Waals surface area contributed by atoms with E-state index in [2.05, 4.69) is 52.0 Å². The van der Waals surface area contributed by atoms with Crippen LogP contribution in [0.15, 0.2) is 18.2 Å². The lowest BCUT2D eigenvalue weighted by molar-refractivity contribution is -0.243. The van der Waals surface area contributed by atoms with Crippen LogP contribution < -0.4 is 10.1 Å². The quantitative estimate of drug-likeness (QED) is 0.0552. The van der Waals surface area contributed by atoms with Gasteiger partial charge in [0.1, 0.15) is 18.1 Å². The molecule has 0 aliphatic carbocycles. The van der Waals surface area contributed by atoms with Crippen LogP contribution in [-0.2, 0) is 53.8 Å². The predicted octanol–water partition coefficient (Wildman–Crippen LogP) is 6.30. The number of hydrogen-bond acceptors (Lipinski definition) is 11. The second-order valence-electron chi connectivity index (χ2n) is 14.8. The summed E-state index contributed by atoms with van der Waals surface area (Å²) in [6.07, 6.45) is 4.68. The molecule has 1 N–H and O–H groups in total. The van der Waals surface area contributed by atoms with E-state index in [-0.39, 0.29) is 60.7 Å². The number of nitrogens with one attached hydrogen (secondary N) is 1. The summed E-state index contributed by atoms with van der Waals surface area (Å²) in [6.45, 7) is 22.0. The third-order valence-electron chi connectivity index (χ3n) is 9.67. The molecule has 1 aromatic carbocycles. The Bertz CT molecular complexity index is 1290. The molecule has 1 heterocycles. The highest BCUT2D eigenvalue weighted by Crippen LogP contribution is 2.39. The molecule has 52 heavy (non-hydrogen) atoms. The number of terminal acetylenes is 1. The van der Waals surface area contributed by atoms with Crippen LogP contribution in [-0.4, -0.2) is 97.3 Å². The maximum absolute atomic E-state index is 12.9. The number of Topliss-reactive ketones (excluding diaryl/α,β-unsaturated/α-hetero) is 1. The van der Waals surface area contributed by atoms with Gasteiger partial charge in [-0.15, -0.1) is 6.42 Å². The number of ether oxygens (including phenoxy) is 7. The Hall–Kier alpha value is -2.83. The molecule has 294 valence electrons. The molecule has 0 saturated carbocycles. The molecule has 12 nitrogen and oxygen atoms in total. The Kier molecular flexibility index (Phi) is 20.1. The lowest BCUT2D eigenvalue weighted by Gasteiger charge is -2.42. The zero-order valence-corrected chi connectivity index (χ0v) is 33.9. The summed E-state index contributed by atoms with van der Waals surface area (Å²) < 4.78 is 46.3. The second-order valence-corrected chi connectivity index (χ2v) is 19.6. The smallest absolute Gasteiger partial charge is 0.303 e. The van der Waals surface area contributed by atoms with Crippen molar-refractivity contribution >= 4 is 31.7 Å². The van der Waals surface area contributed by atoms with Crippen LogP contribution >= 0.6 is 0 Å². The fourth-order valence-electron chi connectivity index (χ4n) is 5.09. The van der Waals surface area contributed by atoms with E-state index in [1.165, 1.54) is 6.92 Å². The Morgan fingerprint density at radius 1 is 0.885 bits per heavy atom. The SMILES string of the molecule is C#CCOCCOCCOCCOCCCC(=O)CCC(=O)Nc1ccc(O[C@@H]2OC(C)[C@@H](C)[C@H](C)C2OC(C)=O)c(CO[Si](C)(C)C(C)(C)C)c1. The van der Waals surface area contributed by atoms with E-state index in [0.29, 0.717) is 70.5 Å². The van der Waals surface area contributed by atoms with Gasteiger partial charge in [-0.2, -0.15) is 0 Å². The van der Waals surface area contributed by atoms with Crippen molar-refractivity contribution in [2.45, 2.75) is 117 Å². The van der Waals surface area contributed by atoms with Crippen molar-refractivity contribution in [3.8, 4) is 18.1 Å². The van der Waals surface area contributed by atoms with E-state index >= 15 is 0 Å². The summed E-state index contributed by atoms with van der Waals surface area (Å²) in [5, 5.41) is 2.90. The number of amides is 1. The molecule has 0 aromatic heterocycles. The van der Waals surface area contributed by atoms with Gasteiger partial charge in [-0.05, 0) is 55.6 Å². The van der Waals surface area contributed by atoms with Crippen LogP contribution in [0.4, 0.5) is 5.69 Å². The third kappa shape index (κ3) is 16.5. The van der Waals surface area contributed by atoms with Crippen LogP contribution in [0.5, 0.6) is 5.75 Å². The van der Waals surface area contributed by atoms with Gasteiger partial charge < -0.3 is 42.9 Å². The number of carbonyl (C=O) groups excluding carboxylic acids is 3. The van der Waals surface area contributed by atoms with Gasteiger partial charge in [0.15, 0.2) is 14.4 Å². The standard InChI is InChI=1S/C39H63NO11Si/c1-11-18-44-20-22-46-24-25-47-23-21-45-19-12-13-34(42)15-17-36(43)40-33-14-16-35(32(26-33)27-48-52(9,10)39(6,7)8)51-38-37(50-31(5)41)29(3)28(2)30(4)49-38/h1,14,16,26,28-30,37-38H,12-13,15,17-25,27H2,2-10H3,(H,40,43)/t28-,29-,30?,37?,38-/m0/s1. The van der Waals surface area contributed by atoms with E-state index in [1.54, 1.807) is 12.1 Å². The maximum atomic E-state index is 12.9. The first kappa shape index (κ1) is 45.3. The van der Waals surface area contributed by atoms with Crippen LogP contribution in [0.1, 0.15) is 79.7 Å². The second kappa shape index (κ2) is 23.1. The molecule has 5 atom stereocenters. The maximum Gasteiger partial charge on any atom is 0.303 e. The highest BCUT2D eigenvalue weighted by Gasteiger charge is 2.43. The lowest BCUT2D eigenvalue weighted by Crippen LogP contribution is -2.52. The molecule has 1 aliphatic rings. The fraction of sp³-hybridized carbons (Fsp3) is 0.718. The molecule has 2 rings (SSSR count). The number of rotatable bonds is 24. The highest BCUT2D eigenvalue weighted by molar-refractivity contribution is 6.74. The Labute approximate surface area is 312 Å². The Balaban J connectivity index is 1.88. The average molecular weight is 750 g/mol. The molecule has 0 spiro atoms. The van der Waals surface area contributed by atoms with Crippen LogP contribution in [0, 0.1) is 24.2 Å². The minimum atomic E-state index is -2.14. The van der Waals surface area contributed by atoms with Crippen molar-refractivity contribution in [2.75, 3.05) is 58.2 Å². The topological polar surface area (TPSA) is 137 Å². The molecule has 1 saturated heterocycles. The summed E-state index contributed by atoms with van der Waals surface area (Å²) >= 11 is 0. The van der Waals surface area contributed by atoms with E-state index in [1.807, 2.05) is 19.9 Å². The molecule has 1 aromatic rings. The van der Waals surface area contributed by atoms with E-state index in [0.717, 1.165) is 5.56 Å². The van der Waals surface area contributed by atoms with Gasteiger partial charge in [0.2, 0.25) is 12.2 Å². The third-order valence-corrected chi connectivity index (χ3v) is 14.1. The number of carbonyl (C=O) groups is 3. The Morgan fingerprint density at radius 2 is 1.50 bits per heavy atom. The lowest BCUT2D eigenvalue weighted by atomic mass is 9.84. The van der Waals surface area contributed by atoms with E-state index < -0.39 is 26.7 Å². The number of esters is 1. The van der Waals surface area contributed by atoms with E-state index in [4.69, 9.17) is 44.0 Å². The largest absolute Gasteiger partial charge is 0.460 e. The number of hydrogen-bond donors (Lipinski definition) is 1. The molecule has 1 aliphatic heterocycles. The monoisotopic (exact) mass is 749 g/mol. The number of ketones is 1. The van der Waals surface area contributed by atoms with Gasteiger partial charge in [-0.3, -0.25) is 14.4 Å². The van der Waals surface area contributed by atoms with Gasteiger partial charge in [0, 0.05) is 50.0 Å². The molecule has 13 heteroatoms. The van der Waals surface area contributed by atoms with Crippen molar-refractivity contribution in [3.63, 3.8) is 0 Å². The summed E-state index contributed by atoms with van der Waals surface area (Å²) in [5.41, 5.74) is 1.29. The molecule has 1 amide bonds. The highest BCUT2D eigenvalue weighted by atomic mass is 28.4. The number of anilines is 1. The first-order valence-corrected chi connectivity index (χ1v) is 21.3. The molecule has 2 unspecified atom stereocenters. The first-order valence-electron chi connectivity index (χ1n) is 18.4. The van der Waals surface area contributed by atoms with Gasteiger partial charge >= 0.3 is 5.97 Å². The van der Waals surface area contributed by atoms with Crippen molar-refractivity contribution < 1.29 is 52.0 Å². The summed E-state index contributed by atoms with van der Waals surface area (Å²) in [7, 11) is -2.14. The molecular weight excluding hydrogens is 687 g/mol. The molecule has 1 fully saturated rings. The van der Waals surface area contributed by atoms with Crippen molar-refractivity contribution in [3.05, 3.63) is 23.8 Å². The normalized spacial score (nSPS) is 20.6. The first-order chi connectivity index (χ1) is 24.6. The average Bonchev–Trinajstić information content (AvgIpc) is 3.07. The van der Waals surface area contributed by atoms with Crippen molar-refractivity contribution in [2.24, 2.45) is 11.8 Å². The van der Waals surface area contributed by atoms with Crippen LogP contribution in [0.25, 0.3) is 0 Å². The van der Waals surface area contributed by atoms with Gasteiger partial charge in [0.05, 0.1) is 52.4 Å². The van der Waals surface area contributed by atoms with Crippen molar-refractivity contribution in [1.29, 1.82) is 0 Å². The fourth-order valence-corrected chi connectivity index (χ4v) is 6.03. The predicted molar refractivity (Wildman–Crippen MR) is 201 cm³/mol. The van der Waals surface area contributed by atoms with Gasteiger partial charge in [-0.1, -0.05) is 40.5 Å². The number of benzene rings is 1. The van der Waals surface area contributed by atoms with Gasteiger partial charge in [0.25, 0.3) is 0 Å². The molecular formula is C39H63NO11Si. The van der Waals surface area contributed by atoms with E-state index in [9.17, 15) is 14.4 Å². The van der Waals surface area contributed by atoms with Gasteiger partial charge in [-0.25, -0.2) is 0 Å². The minimum absolute atomic E-state index is 0.00169.